The van der Waals surface area contributed by atoms with Crippen LogP contribution >= 0.6 is 27.5 Å². The minimum Gasteiger partial charge on any atom is -0.490 e. The molecule has 2 aromatic rings. The van der Waals surface area contributed by atoms with Gasteiger partial charge in [0.25, 0.3) is 5.91 Å². The molecule has 2 rings (SSSR count). The second-order valence-electron chi connectivity index (χ2n) is 5.80. The number of ether oxygens (including phenoxy) is 2. The molecule has 6 nitrogen and oxygen atoms in total. The summed E-state index contributed by atoms with van der Waals surface area (Å²) in [5, 5.41) is 21.3. The number of nitrogens with one attached hydrogen (secondary N) is 1. The van der Waals surface area contributed by atoms with Crippen molar-refractivity contribution in [2.45, 2.75) is 13.8 Å². The van der Waals surface area contributed by atoms with Crippen molar-refractivity contribution in [1.82, 2.24) is 0 Å². The summed E-state index contributed by atoms with van der Waals surface area (Å²) in [4.78, 5) is 12.5. The molecule has 1 amide bonds. The lowest BCUT2D eigenvalue weighted by Crippen LogP contribution is -2.13. The lowest BCUT2D eigenvalue weighted by molar-refractivity contribution is -0.112. The van der Waals surface area contributed by atoms with Crippen molar-refractivity contribution in [3.05, 3.63) is 56.5 Å². The van der Waals surface area contributed by atoms with Crippen LogP contribution in [-0.2, 0) is 4.79 Å². The first-order valence-corrected chi connectivity index (χ1v) is 9.72. The second kappa shape index (κ2) is 10.5. The van der Waals surface area contributed by atoms with Gasteiger partial charge in [0.2, 0.25) is 0 Å². The zero-order valence-electron chi connectivity index (χ0n) is 15.8. The van der Waals surface area contributed by atoms with E-state index in [1.165, 1.54) is 6.08 Å². The van der Waals surface area contributed by atoms with Crippen molar-refractivity contribution >= 4 is 45.2 Å². The molecule has 0 heterocycles. The Morgan fingerprint density at radius 1 is 1.28 bits per heavy atom. The van der Waals surface area contributed by atoms with Gasteiger partial charge in [-0.05, 0) is 71.2 Å². The van der Waals surface area contributed by atoms with Crippen LogP contribution in [0, 0.1) is 29.6 Å². The van der Waals surface area contributed by atoms with E-state index < -0.39 is 5.91 Å². The molecule has 0 spiro atoms. The summed E-state index contributed by atoms with van der Waals surface area (Å²) >= 11 is 9.45. The molecule has 0 saturated heterocycles. The maximum Gasteiger partial charge on any atom is 0.266 e. The van der Waals surface area contributed by atoms with E-state index in [1.807, 2.05) is 26.0 Å². The number of halogens is 2. The van der Waals surface area contributed by atoms with E-state index in [0.717, 1.165) is 5.56 Å². The average molecular weight is 475 g/mol. The van der Waals surface area contributed by atoms with Crippen LogP contribution in [0.25, 0.3) is 6.08 Å². The van der Waals surface area contributed by atoms with Gasteiger partial charge in [0.1, 0.15) is 17.7 Å². The van der Waals surface area contributed by atoms with Crippen LogP contribution in [0.5, 0.6) is 11.5 Å². The molecule has 148 valence electrons. The average Bonchev–Trinajstić information content (AvgIpc) is 2.68. The van der Waals surface area contributed by atoms with Gasteiger partial charge in [-0.25, -0.2) is 0 Å². The van der Waals surface area contributed by atoms with Crippen molar-refractivity contribution in [2.24, 2.45) is 0 Å². The van der Waals surface area contributed by atoms with Crippen LogP contribution in [0.1, 0.15) is 18.1 Å². The molecule has 0 unspecified atom stereocenters. The molecule has 0 radical (unpaired) electrons. The third kappa shape index (κ3) is 5.99. The maximum absolute atomic E-state index is 12.5. The van der Waals surface area contributed by atoms with E-state index in [4.69, 9.17) is 26.3 Å². The third-order valence-corrected chi connectivity index (χ3v) is 4.71. The predicted octanol–water partition coefficient (Wildman–Crippen LogP) is 5.26. The first kappa shape index (κ1) is 22.3. The van der Waals surface area contributed by atoms with Crippen LogP contribution in [0.2, 0.25) is 5.02 Å². The lowest BCUT2D eigenvalue weighted by atomic mass is 10.1. The lowest BCUT2D eigenvalue weighted by Gasteiger charge is -2.13. The van der Waals surface area contributed by atoms with Gasteiger partial charge in [-0.1, -0.05) is 17.7 Å². The van der Waals surface area contributed by atoms with Crippen molar-refractivity contribution in [3.63, 3.8) is 0 Å². The Morgan fingerprint density at radius 2 is 2.03 bits per heavy atom. The first-order valence-electron chi connectivity index (χ1n) is 8.55. The summed E-state index contributed by atoms with van der Waals surface area (Å²) in [6.07, 6.45) is 1.44. The standard InChI is InChI=1S/C21H17BrClN3O3/c1-3-28-19-10-14(9-17(22)20(19)29-7-6-24)8-15(12-25)21(27)26-16-5-4-13(2)18(23)11-16/h4-5,8-11H,3,7H2,1-2H3,(H,26,27)/b15-8-. The van der Waals surface area contributed by atoms with Crippen LogP contribution in [0.15, 0.2) is 40.4 Å². The van der Waals surface area contributed by atoms with Crippen LogP contribution < -0.4 is 14.8 Å². The third-order valence-electron chi connectivity index (χ3n) is 3.72. The molecule has 0 aliphatic heterocycles. The highest BCUT2D eigenvalue weighted by molar-refractivity contribution is 9.10. The van der Waals surface area contributed by atoms with Gasteiger partial charge in [0.15, 0.2) is 18.1 Å². The molecule has 1 N–H and O–H groups in total. The summed E-state index contributed by atoms with van der Waals surface area (Å²) < 4.78 is 11.5. The number of aryl methyl sites for hydroxylation is 1. The van der Waals surface area contributed by atoms with Crippen molar-refractivity contribution < 1.29 is 14.3 Å². The van der Waals surface area contributed by atoms with Gasteiger partial charge >= 0.3 is 0 Å². The number of anilines is 1. The number of amides is 1. The summed E-state index contributed by atoms with van der Waals surface area (Å²) in [5.41, 5.74) is 1.83. The Balaban J connectivity index is 2.33. The highest BCUT2D eigenvalue weighted by atomic mass is 79.9. The van der Waals surface area contributed by atoms with Gasteiger partial charge < -0.3 is 14.8 Å². The minimum atomic E-state index is -0.564. The zero-order chi connectivity index (χ0) is 21.4. The van der Waals surface area contributed by atoms with Gasteiger partial charge in [-0.2, -0.15) is 10.5 Å². The molecule has 8 heteroatoms. The van der Waals surface area contributed by atoms with Crippen molar-refractivity contribution in [1.29, 1.82) is 10.5 Å². The fourth-order valence-electron chi connectivity index (χ4n) is 2.36. The smallest absolute Gasteiger partial charge is 0.266 e. The van der Waals surface area contributed by atoms with Crippen LogP contribution in [0.3, 0.4) is 0 Å². The maximum atomic E-state index is 12.5. The Bertz CT molecular complexity index is 1040. The molecule has 0 aliphatic carbocycles. The number of nitrogens with zero attached hydrogens (tertiary/aromatic N) is 2. The summed E-state index contributed by atoms with van der Waals surface area (Å²) in [7, 11) is 0. The number of carbonyl (C=O) groups excluding carboxylic acids is 1. The SMILES string of the molecule is CCOc1cc(/C=C(/C#N)C(=O)Nc2ccc(C)c(Cl)c2)cc(Br)c1OCC#N. The number of rotatable bonds is 7. The zero-order valence-corrected chi connectivity index (χ0v) is 18.1. The number of carbonyl (C=O) groups is 1. The van der Waals surface area contributed by atoms with E-state index in [2.05, 4.69) is 21.2 Å². The fraction of sp³-hybridized carbons (Fsp3) is 0.190. The molecular weight excluding hydrogens is 458 g/mol. The molecule has 0 atom stereocenters. The van der Waals surface area contributed by atoms with Gasteiger partial charge in [0, 0.05) is 10.7 Å². The van der Waals surface area contributed by atoms with Crippen LogP contribution in [-0.4, -0.2) is 19.1 Å². The van der Waals surface area contributed by atoms with E-state index in [1.54, 1.807) is 30.3 Å². The summed E-state index contributed by atoms with van der Waals surface area (Å²) in [5.74, 6) is 0.209. The number of benzene rings is 2. The predicted molar refractivity (Wildman–Crippen MR) is 115 cm³/mol. The normalized spacial score (nSPS) is 10.6. The summed E-state index contributed by atoms with van der Waals surface area (Å²) in [6, 6.07) is 12.2. The quantitative estimate of drug-likeness (QED) is 0.436. The summed E-state index contributed by atoms with van der Waals surface area (Å²) in [6.45, 7) is 3.90. The molecular formula is C21H17BrClN3O3. The van der Waals surface area contributed by atoms with Crippen molar-refractivity contribution in [3.8, 4) is 23.6 Å². The van der Waals surface area contributed by atoms with E-state index in [9.17, 15) is 10.1 Å². The Hall–Kier alpha value is -3.00. The first-order chi connectivity index (χ1) is 13.9. The molecule has 0 aromatic heterocycles. The monoisotopic (exact) mass is 473 g/mol. The molecule has 0 aliphatic rings. The number of hydrogen-bond acceptors (Lipinski definition) is 5. The highest BCUT2D eigenvalue weighted by Crippen LogP contribution is 2.37. The van der Waals surface area contributed by atoms with E-state index in [0.29, 0.717) is 38.9 Å². The minimum absolute atomic E-state index is 0.0956. The van der Waals surface area contributed by atoms with Crippen LogP contribution in [0.4, 0.5) is 5.69 Å². The molecule has 0 saturated carbocycles. The Morgan fingerprint density at radius 3 is 2.66 bits per heavy atom. The molecule has 0 bridgehead atoms. The van der Waals surface area contributed by atoms with Gasteiger partial charge in [0.05, 0.1) is 11.1 Å². The molecule has 2 aromatic carbocycles. The van der Waals surface area contributed by atoms with E-state index >= 15 is 0 Å². The molecule has 0 fully saturated rings. The van der Waals surface area contributed by atoms with Crippen molar-refractivity contribution in [2.75, 3.05) is 18.5 Å². The number of hydrogen-bond donors (Lipinski definition) is 1. The highest BCUT2D eigenvalue weighted by Gasteiger charge is 2.14. The Labute approximate surface area is 182 Å². The number of nitriles is 2. The van der Waals surface area contributed by atoms with E-state index in [-0.39, 0.29) is 12.2 Å². The molecule has 29 heavy (non-hydrogen) atoms. The second-order valence-corrected chi connectivity index (χ2v) is 7.06. The fourth-order valence-corrected chi connectivity index (χ4v) is 3.12. The Kier molecular flexibility index (Phi) is 8.09. The van der Waals surface area contributed by atoms with Gasteiger partial charge in [-0.3, -0.25) is 4.79 Å². The van der Waals surface area contributed by atoms with Gasteiger partial charge in [-0.15, -0.1) is 0 Å². The largest absolute Gasteiger partial charge is 0.490 e. The topological polar surface area (TPSA) is 95.1 Å².